The predicted octanol–water partition coefficient (Wildman–Crippen LogP) is 5.97. The van der Waals surface area contributed by atoms with Gasteiger partial charge in [-0.15, -0.1) is 0 Å². The van der Waals surface area contributed by atoms with Crippen molar-refractivity contribution in [3.05, 3.63) is 34.3 Å². The van der Waals surface area contributed by atoms with Crippen molar-refractivity contribution in [2.75, 3.05) is 0 Å². The molecule has 0 nitrogen and oxygen atoms in total. The minimum Gasteiger partial charge on any atom is -0.218 e. The van der Waals surface area contributed by atoms with Crippen LogP contribution < -0.4 is 0 Å². The Balaban J connectivity index is 3.43. The van der Waals surface area contributed by atoms with Crippen LogP contribution in [-0.4, -0.2) is 12.4 Å². The van der Waals surface area contributed by atoms with Crippen LogP contribution in [0.4, 0.5) is 30.7 Å². The summed E-state index contributed by atoms with van der Waals surface area (Å²) in [4.78, 5) is 0. The molecule has 0 atom stereocenters. The lowest BCUT2D eigenvalue weighted by molar-refractivity contribution is -0.348. The van der Waals surface area contributed by atoms with E-state index in [9.17, 15) is 30.7 Å². The van der Waals surface area contributed by atoms with Crippen LogP contribution in [0, 0.1) is 0 Å². The molecule has 1 aromatic rings. The van der Waals surface area contributed by atoms with E-state index in [0.29, 0.717) is 25.0 Å². The van der Waals surface area contributed by atoms with Crippen LogP contribution in [0.3, 0.4) is 0 Å². The van der Waals surface area contributed by atoms with Crippen LogP contribution >= 0.6 is 11.6 Å². The zero-order valence-electron chi connectivity index (χ0n) is 10.9. The fourth-order valence-corrected chi connectivity index (χ4v) is 2.12. The van der Waals surface area contributed by atoms with Gasteiger partial charge in [-0.3, -0.25) is 0 Å². The summed E-state index contributed by atoms with van der Waals surface area (Å²) in [6.07, 6.45) is -10.8. The first-order valence-electron chi connectivity index (χ1n) is 6.05. The molecule has 0 bridgehead atoms. The largest absolute Gasteiger partial charge is 0.435 e. The number of aryl methyl sites for hydroxylation is 1. The normalized spacial score (nSPS) is 13.6. The van der Waals surface area contributed by atoms with Crippen LogP contribution in [0.25, 0.3) is 0 Å². The van der Waals surface area contributed by atoms with Gasteiger partial charge < -0.3 is 0 Å². The molecule has 1 aromatic carbocycles. The predicted molar refractivity (Wildman–Crippen MR) is 65.0 cm³/mol. The first-order valence-corrected chi connectivity index (χ1v) is 6.43. The molecule has 0 heterocycles. The molecule has 1 rings (SSSR count). The molecule has 0 aromatic heterocycles. The molecule has 120 valence electrons. The van der Waals surface area contributed by atoms with Gasteiger partial charge in [-0.1, -0.05) is 31.0 Å². The number of unbranched alkanes of at least 4 members (excludes halogenated alkanes) is 1. The van der Waals surface area contributed by atoms with Crippen molar-refractivity contribution in [1.82, 2.24) is 0 Å². The smallest absolute Gasteiger partial charge is 0.218 e. The van der Waals surface area contributed by atoms with Gasteiger partial charge in [0, 0.05) is 10.6 Å². The summed E-state index contributed by atoms with van der Waals surface area (Å²) in [5.41, 5.74) is -6.85. The van der Waals surface area contributed by atoms with Crippen LogP contribution in [-0.2, 0) is 12.1 Å². The molecular weight excluding hydrogens is 325 g/mol. The molecule has 0 unspecified atom stereocenters. The zero-order chi connectivity index (χ0) is 16.5. The minimum atomic E-state index is -6.13. The third-order valence-corrected chi connectivity index (χ3v) is 3.17. The van der Waals surface area contributed by atoms with E-state index in [1.807, 2.05) is 0 Å². The van der Waals surface area contributed by atoms with Crippen molar-refractivity contribution >= 4 is 11.6 Å². The molecule has 0 aliphatic rings. The van der Waals surface area contributed by atoms with Crippen molar-refractivity contribution in [2.24, 2.45) is 0 Å². The van der Waals surface area contributed by atoms with Crippen molar-refractivity contribution in [3.8, 4) is 0 Å². The SMILES string of the molecule is CCCCc1cc(Cl)cc(C(F)(C(F)(F)F)C(F)(F)F)c1. The Morgan fingerprint density at radius 1 is 0.905 bits per heavy atom. The van der Waals surface area contributed by atoms with Crippen molar-refractivity contribution in [1.29, 1.82) is 0 Å². The summed E-state index contributed by atoms with van der Waals surface area (Å²) in [6.45, 7) is 1.80. The Hall–Kier alpha value is -0.980. The standard InChI is InChI=1S/C13H12ClF7/c1-2-3-4-8-5-9(7-10(14)6-8)11(15,12(16,17)18)13(19,20)21/h5-7H,2-4H2,1H3. The monoisotopic (exact) mass is 336 g/mol. The van der Waals surface area contributed by atoms with E-state index in [1.165, 1.54) is 6.07 Å². The zero-order valence-corrected chi connectivity index (χ0v) is 11.6. The summed E-state index contributed by atoms with van der Waals surface area (Å²) in [5.74, 6) is 0. The Morgan fingerprint density at radius 3 is 1.86 bits per heavy atom. The van der Waals surface area contributed by atoms with Gasteiger partial charge >= 0.3 is 18.0 Å². The number of alkyl halides is 7. The highest BCUT2D eigenvalue weighted by molar-refractivity contribution is 6.30. The number of hydrogen-bond donors (Lipinski definition) is 0. The number of hydrogen-bond acceptors (Lipinski definition) is 0. The Labute approximate surface area is 121 Å². The highest BCUT2D eigenvalue weighted by Crippen LogP contribution is 2.53. The molecule has 0 aliphatic carbocycles. The van der Waals surface area contributed by atoms with Gasteiger partial charge in [0.1, 0.15) is 0 Å². The molecule has 0 saturated heterocycles. The van der Waals surface area contributed by atoms with E-state index >= 15 is 0 Å². The average Bonchev–Trinajstić information content (AvgIpc) is 2.31. The first kappa shape index (κ1) is 18.1. The number of benzene rings is 1. The van der Waals surface area contributed by atoms with Gasteiger partial charge in [0.2, 0.25) is 0 Å². The van der Waals surface area contributed by atoms with E-state index in [0.717, 1.165) is 0 Å². The quantitative estimate of drug-likeness (QED) is 0.594. The maximum atomic E-state index is 13.9. The maximum Gasteiger partial charge on any atom is 0.435 e. The Morgan fingerprint density at radius 2 is 1.43 bits per heavy atom. The van der Waals surface area contributed by atoms with Gasteiger partial charge in [-0.25, -0.2) is 4.39 Å². The summed E-state index contributed by atoms with van der Waals surface area (Å²) in [6, 6.07) is 2.16. The molecular formula is C13H12ClF7. The van der Waals surface area contributed by atoms with E-state index in [4.69, 9.17) is 11.6 Å². The van der Waals surface area contributed by atoms with Crippen LogP contribution in [0.15, 0.2) is 18.2 Å². The van der Waals surface area contributed by atoms with Crippen LogP contribution in [0.2, 0.25) is 5.02 Å². The van der Waals surface area contributed by atoms with E-state index < -0.39 is 23.6 Å². The van der Waals surface area contributed by atoms with Gasteiger partial charge in [-0.2, -0.15) is 26.3 Å². The van der Waals surface area contributed by atoms with Crippen molar-refractivity contribution < 1.29 is 30.7 Å². The highest BCUT2D eigenvalue weighted by Gasteiger charge is 2.73. The Bertz CT molecular complexity index is 476. The van der Waals surface area contributed by atoms with Gasteiger partial charge in [0.05, 0.1) is 0 Å². The fraction of sp³-hybridized carbons (Fsp3) is 0.538. The summed E-state index contributed by atoms with van der Waals surface area (Å²) < 4.78 is 89.9. The van der Waals surface area contributed by atoms with E-state index in [-0.39, 0.29) is 17.0 Å². The van der Waals surface area contributed by atoms with Gasteiger partial charge in [0.25, 0.3) is 0 Å². The molecule has 21 heavy (non-hydrogen) atoms. The second-order valence-corrected chi connectivity index (χ2v) is 5.04. The molecule has 8 heteroatoms. The van der Waals surface area contributed by atoms with Crippen LogP contribution in [0.1, 0.15) is 30.9 Å². The van der Waals surface area contributed by atoms with Gasteiger partial charge in [0.15, 0.2) is 0 Å². The molecule has 0 saturated carbocycles. The lowest BCUT2D eigenvalue weighted by atomic mass is 9.92. The molecule has 0 radical (unpaired) electrons. The average molecular weight is 337 g/mol. The molecule has 0 fully saturated rings. The maximum absolute atomic E-state index is 13.9. The first-order chi connectivity index (χ1) is 9.43. The lowest BCUT2D eigenvalue weighted by Gasteiger charge is -2.30. The number of halogens is 8. The van der Waals surface area contributed by atoms with Crippen LogP contribution in [0.5, 0.6) is 0 Å². The summed E-state index contributed by atoms with van der Waals surface area (Å²) in [5, 5.41) is -0.367. The second-order valence-electron chi connectivity index (χ2n) is 4.61. The summed E-state index contributed by atoms with van der Waals surface area (Å²) >= 11 is 5.53. The van der Waals surface area contributed by atoms with E-state index in [1.54, 1.807) is 6.92 Å². The molecule has 0 amide bonds. The highest BCUT2D eigenvalue weighted by atomic mass is 35.5. The topological polar surface area (TPSA) is 0 Å². The van der Waals surface area contributed by atoms with Gasteiger partial charge in [-0.05, 0) is 30.5 Å². The lowest BCUT2D eigenvalue weighted by Crippen LogP contribution is -2.50. The van der Waals surface area contributed by atoms with Crippen molar-refractivity contribution in [2.45, 2.75) is 44.2 Å². The summed E-state index contributed by atoms with van der Waals surface area (Å²) in [7, 11) is 0. The number of rotatable bonds is 4. The van der Waals surface area contributed by atoms with Crippen molar-refractivity contribution in [3.63, 3.8) is 0 Å². The second kappa shape index (κ2) is 6.02. The Kier molecular flexibility index (Phi) is 5.18. The molecule has 0 aliphatic heterocycles. The third-order valence-electron chi connectivity index (χ3n) is 2.96. The molecule has 0 N–H and O–H groups in total. The fourth-order valence-electron chi connectivity index (χ4n) is 1.86. The minimum absolute atomic E-state index is 0.134. The third kappa shape index (κ3) is 3.62. The molecule has 0 spiro atoms. The van der Waals surface area contributed by atoms with E-state index in [2.05, 4.69) is 0 Å².